The topological polar surface area (TPSA) is 70.3 Å². The van der Waals surface area contributed by atoms with Crippen LogP contribution < -0.4 is 10.2 Å². The number of hydrogen-bond acceptors (Lipinski definition) is 5. The molecule has 6 nitrogen and oxygen atoms in total. The Morgan fingerprint density at radius 3 is 2.79 bits per heavy atom. The molecule has 3 rings (SSSR count). The van der Waals surface area contributed by atoms with Gasteiger partial charge in [-0.1, -0.05) is 18.1 Å². The van der Waals surface area contributed by atoms with Crippen molar-refractivity contribution < 1.29 is 9.53 Å². The van der Waals surface area contributed by atoms with Crippen LogP contribution in [0.25, 0.3) is 0 Å². The van der Waals surface area contributed by atoms with Gasteiger partial charge in [0.25, 0.3) is 0 Å². The summed E-state index contributed by atoms with van der Waals surface area (Å²) in [5, 5.41) is 14.8. The summed E-state index contributed by atoms with van der Waals surface area (Å²) in [6.07, 6.45) is 6.37. The third-order valence-corrected chi connectivity index (χ3v) is 6.43. The highest BCUT2D eigenvalue weighted by Gasteiger charge is 2.21. The minimum atomic E-state index is -0.195. The maximum absolute atomic E-state index is 13.2. The SMILES string of the molecule is C#Cc1cccc(N(CC(=O)Nc2c(C#N)c(C)c(C)n2CCCOC)Cc2cccs2)c1. The van der Waals surface area contributed by atoms with Crippen LogP contribution in [0.3, 0.4) is 0 Å². The highest BCUT2D eigenvalue weighted by atomic mass is 32.1. The molecular formula is C26H28N4O2S. The molecule has 0 bridgehead atoms. The predicted molar refractivity (Wildman–Crippen MR) is 133 cm³/mol. The average molecular weight is 461 g/mol. The van der Waals surface area contributed by atoms with Crippen LogP contribution in [-0.4, -0.2) is 30.7 Å². The van der Waals surface area contributed by atoms with E-state index >= 15 is 0 Å². The number of methoxy groups -OCH3 is 1. The maximum atomic E-state index is 13.2. The van der Waals surface area contributed by atoms with Gasteiger partial charge >= 0.3 is 0 Å². The Labute approximate surface area is 199 Å². The smallest absolute Gasteiger partial charge is 0.245 e. The molecule has 0 unspecified atom stereocenters. The van der Waals surface area contributed by atoms with Crippen molar-refractivity contribution in [2.45, 2.75) is 33.4 Å². The first kappa shape index (κ1) is 24.1. The summed E-state index contributed by atoms with van der Waals surface area (Å²) in [4.78, 5) is 16.3. The normalized spacial score (nSPS) is 10.5. The summed E-state index contributed by atoms with van der Waals surface area (Å²) in [7, 11) is 1.66. The highest BCUT2D eigenvalue weighted by Crippen LogP contribution is 2.27. The molecule has 33 heavy (non-hydrogen) atoms. The van der Waals surface area contributed by atoms with Crippen molar-refractivity contribution in [1.29, 1.82) is 5.26 Å². The number of anilines is 2. The van der Waals surface area contributed by atoms with Gasteiger partial charge in [0.05, 0.1) is 18.7 Å². The Bertz CT molecular complexity index is 1180. The lowest BCUT2D eigenvalue weighted by atomic mass is 10.2. The first-order chi connectivity index (χ1) is 16.0. The Kier molecular flexibility index (Phi) is 8.32. The van der Waals surface area contributed by atoms with Crippen molar-refractivity contribution in [3.05, 3.63) is 69.0 Å². The minimum absolute atomic E-state index is 0.123. The first-order valence-corrected chi connectivity index (χ1v) is 11.6. The van der Waals surface area contributed by atoms with Gasteiger partial charge < -0.3 is 19.5 Å². The zero-order valence-corrected chi connectivity index (χ0v) is 20.0. The second-order valence-corrected chi connectivity index (χ2v) is 8.75. The number of carbonyl (C=O) groups is 1. The first-order valence-electron chi connectivity index (χ1n) is 10.7. The monoisotopic (exact) mass is 460 g/mol. The fourth-order valence-electron chi connectivity index (χ4n) is 3.74. The van der Waals surface area contributed by atoms with Crippen LogP contribution in [0, 0.1) is 37.5 Å². The van der Waals surface area contributed by atoms with Crippen molar-refractivity contribution in [1.82, 2.24) is 4.57 Å². The van der Waals surface area contributed by atoms with Gasteiger partial charge in [-0.15, -0.1) is 17.8 Å². The van der Waals surface area contributed by atoms with Crippen molar-refractivity contribution in [3.8, 4) is 18.4 Å². The lowest BCUT2D eigenvalue weighted by Gasteiger charge is -2.24. The summed E-state index contributed by atoms with van der Waals surface area (Å²) in [6.45, 7) is 5.83. The van der Waals surface area contributed by atoms with Crippen molar-refractivity contribution >= 4 is 28.7 Å². The average Bonchev–Trinajstić information content (AvgIpc) is 3.41. The molecule has 3 aromatic rings. The van der Waals surface area contributed by atoms with Crippen LogP contribution in [0.4, 0.5) is 11.5 Å². The number of amides is 1. The van der Waals surface area contributed by atoms with Gasteiger partial charge in [0.1, 0.15) is 11.9 Å². The third kappa shape index (κ3) is 5.84. The molecule has 0 saturated carbocycles. The number of thiophene rings is 1. The van der Waals surface area contributed by atoms with E-state index in [-0.39, 0.29) is 12.5 Å². The molecule has 1 N–H and O–H groups in total. The molecular weight excluding hydrogens is 432 g/mol. The quantitative estimate of drug-likeness (QED) is 0.352. The van der Waals surface area contributed by atoms with Gasteiger partial charge in [0, 0.05) is 42.1 Å². The Morgan fingerprint density at radius 2 is 2.12 bits per heavy atom. The minimum Gasteiger partial charge on any atom is -0.385 e. The van der Waals surface area contributed by atoms with E-state index in [1.54, 1.807) is 18.4 Å². The predicted octanol–water partition coefficient (Wildman–Crippen LogP) is 4.70. The van der Waals surface area contributed by atoms with Crippen molar-refractivity contribution in [2.75, 3.05) is 30.5 Å². The number of nitrogens with zero attached hydrogens (tertiary/aromatic N) is 3. The number of hydrogen-bond donors (Lipinski definition) is 1. The summed E-state index contributed by atoms with van der Waals surface area (Å²) in [5.74, 6) is 3.00. The third-order valence-electron chi connectivity index (χ3n) is 5.57. The van der Waals surface area contributed by atoms with Gasteiger partial charge in [-0.3, -0.25) is 4.79 Å². The van der Waals surface area contributed by atoms with E-state index < -0.39 is 0 Å². The van der Waals surface area contributed by atoms with Gasteiger partial charge in [0.15, 0.2) is 0 Å². The number of aromatic nitrogens is 1. The van der Waals surface area contributed by atoms with E-state index in [0.717, 1.165) is 33.8 Å². The van der Waals surface area contributed by atoms with Crippen LogP contribution in [0.5, 0.6) is 0 Å². The van der Waals surface area contributed by atoms with Gasteiger partial charge in [0.2, 0.25) is 5.91 Å². The molecule has 0 fully saturated rings. The second kappa shape index (κ2) is 11.4. The van der Waals surface area contributed by atoms with E-state index in [2.05, 4.69) is 17.3 Å². The summed E-state index contributed by atoms with van der Waals surface area (Å²) in [6, 6.07) is 13.9. The molecule has 0 aliphatic heterocycles. The highest BCUT2D eigenvalue weighted by molar-refractivity contribution is 7.09. The lowest BCUT2D eigenvalue weighted by molar-refractivity contribution is -0.115. The van der Waals surface area contributed by atoms with E-state index in [4.69, 9.17) is 11.2 Å². The Hall–Kier alpha value is -3.52. The number of carbonyl (C=O) groups excluding carboxylic acids is 1. The van der Waals surface area contributed by atoms with Crippen LogP contribution in [0.1, 0.15) is 33.7 Å². The molecule has 0 atom stereocenters. The number of rotatable bonds is 10. The van der Waals surface area contributed by atoms with Gasteiger partial charge in [-0.2, -0.15) is 5.26 Å². The van der Waals surface area contributed by atoms with Crippen molar-refractivity contribution in [3.63, 3.8) is 0 Å². The molecule has 1 amide bonds. The summed E-state index contributed by atoms with van der Waals surface area (Å²) in [5.41, 5.74) is 3.97. The molecule has 1 aromatic carbocycles. The lowest BCUT2D eigenvalue weighted by Crippen LogP contribution is -2.33. The van der Waals surface area contributed by atoms with Crippen molar-refractivity contribution in [2.24, 2.45) is 0 Å². The van der Waals surface area contributed by atoms with Crippen LogP contribution >= 0.6 is 11.3 Å². The molecule has 170 valence electrons. The maximum Gasteiger partial charge on any atom is 0.245 e. The number of nitrogens with one attached hydrogen (secondary N) is 1. The van der Waals surface area contributed by atoms with E-state index in [0.29, 0.717) is 31.1 Å². The van der Waals surface area contributed by atoms with E-state index in [1.807, 2.05) is 65.1 Å². The van der Waals surface area contributed by atoms with Gasteiger partial charge in [-0.25, -0.2) is 0 Å². The summed E-state index contributed by atoms with van der Waals surface area (Å²) < 4.78 is 7.17. The standard InChI is InChI=1S/C26H28N4O2S/c1-5-21-9-6-10-22(15-21)29(17-23-11-7-14-33-23)18-25(31)28-26-24(16-27)19(2)20(3)30(26)12-8-13-32-4/h1,6-7,9-11,14-15H,8,12-13,17-18H2,2-4H3,(H,28,31). The second-order valence-electron chi connectivity index (χ2n) is 7.72. The van der Waals surface area contributed by atoms with Crippen LogP contribution in [0.15, 0.2) is 41.8 Å². The number of ether oxygens (including phenoxy) is 1. The zero-order chi connectivity index (χ0) is 23.8. The van der Waals surface area contributed by atoms with Crippen LogP contribution in [-0.2, 0) is 22.6 Å². The molecule has 0 aliphatic carbocycles. The molecule has 2 heterocycles. The number of benzene rings is 1. The number of terminal acetylenes is 1. The molecule has 0 aliphatic rings. The molecule has 0 saturated heterocycles. The summed E-state index contributed by atoms with van der Waals surface area (Å²) >= 11 is 1.64. The Balaban J connectivity index is 1.86. The molecule has 0 radical (unpaired) electrons. The van der Waals surface area contributed by atoms with E-state index in [9.17, 15) is 10.1 Å². The molecule has 2 aromatic heterocycles. The van der Waals surface area contributed by atoms with Gasteiger partial charge in [-0.05, 0) is 55.5 Å². The number of nitriles is 1. The fourth-order valence-corrected chi connectivity index (χ4v) is 4.46. The molecule has 0 spiro atoms. The van der Waals surface area contributed by atoms with E-state index in [1.165, 1.54) is 0 Å². The largest absolute Gasteiger partial charge is 0.385 e. The Morgan fingerprint density at radius 1 is 1.30 bits per heavy atom. The zero-order valence-electron chi connectivity index (χ0n) is 19.2. The fraction of sp³-hybridized carbons (Fsp3) is 0.308. The van der Waals surface area contributed by atoms with Crippen LogP contribution in [0.2, 0.25) is 0 Å². The molecule has 7 heteroatoms.